The van der Waals surface area contributed by atoms with Gasteiger partial charge < -0.3 is 4.74 Å². The van der Waals surface area contributed by atoms with Gasteiger partial charge in [-0.1, -0.05) is 36.4 Å². The van der Waals surface area contributed by atoms with Crippen LogP contribution in [0.1, 0.15) is 25.8 Å². The first-order valence-corrected chi connectivity index (χ1v) is 5.52. The Hall–Kier alpha value is -1.41. The van der Waals surface area contributed by atoms with Crippen LogP contribution < -0.4 is 0 Å². The molecule has 0 heterocycles. The van der Waals surface area contributed by atoms with Crippen molar-refractivity contribution in [3.8, 4) is 0 Å². The Morgan fingerprint density at radius 1 is 1.25 bits per heavy atom. The molecule has 0 N–H and O–H groups in total. The molecule has 0 unspecified atom stereocenters. The van der Waals surface area contributed by atoms with Crippen molar-refractivity contribution in [2.24, 2.45) is 0 Å². The van der Waals surface area contributed by atoms with E-state index in [1.807, 2.05) is 50.3 Å². The van der Waals surface area contributed by atoms with Crippen LogP contribution in [0.3, 0.4) is 0 Å². The lowest BCUT2D eigenvalue weighted by atomic mass is 9.98. The van der Waals surface area contributed by atoms with Gasteiger partial charge >= 0.3 is 0 Å². The molecule has 0 spiro atoms. The first kappa shape index (κ1) is 11.1. The van der Waals surface area contributed by atoms with E-state index in [1.54, 1.807) is 6.08 Å². The third-order valence-electron chi connectivity index (χ3n) is 2.81. The maximum atomic E-state index is 11.1. The zero-order chi connectivity index (χ0) is 11.6. The van der Waals surface area contributed by atoms with Crippen molar-refractivity contribution in [3.05, 3.63) is 48.0 Å². The van der Waals surface area contributed by atoms with Crippen molar-refractivity contribution in [1.29, 1.82) is 0 Å². The summed E-state index contributed by atoms with van der Waals surface area (Å²) in [4.78, 5) is 11.1. The summed E-state index contributed by atoms with van der Waals surface area (Å²) >= 11 is 0. The normalized spacial score (nSPS) is 20.4. The Kier molecular flexibility index (Phi) is 2.92. The topological polar surface area (TPSA) is 26.3 Å². The summed E-state index contributed by atoms with van der Waals surface area (Å²) in [7, 11) is 0. The Bertz CT molecular complexity index is 404. The number of allylic oxidation sites excluding steroid dienone is 1. The standard InChI is InChI=1S/C14H16O2/c1-14(2,11-6-4-3-5-7-11)16-13-9-8-12(15)10-13/h3-9,13H,10H2,1-2H3/t13-/m1/s1. The van der Waals surface area contributed by atoms with Gasteiger partial charge in [-0.3, -0.25) is 4.79 Å². The predicted octanol–water partition coefficient (Wildman–Crippen LogP) is 2.84. The van der Waals surface area contributed by atoms with Gasteiger partial charge in [-0.05, 0) is 25.5 Å². The molecular weight excluding hydrogens is 200 g/mol. The summed E-state index contributed by atoms with van der Waals surface area (Å²) in [6.45, 7) is 4.05. The largest absolute Gasteiger partial charge is 0.363 e. The molecule has 16 heavy (non-hydrogen) atoms. The molecule has 1 aliphatic carbocycles. The second-order valence-electron chi connectivity index (χ2n) is 4.56. The minimum absolute atomic E-state index is 0.0808. The molecule has 0 saturated heterocycles. The van der Waals surface area contributed by atoms with Crippen LogP contribution in [0.15, 0.2) is 42.5 Å². The molecule has 1 aromatic rings. The Morgan fingerprint density at radius 2 is 1.94 bits per heavy atom. The van der Waals surface area contributed by atoms with Gasteiger partial charge in [0.1, 0.15) is 0 Å². The number of rotatable bonds is 3. The first-order chi connectivity index (χ1) is 7.58. The van der Waals surface area contributed by atoms with Crippen LogP contribution in [-0.4, -0.2) is 11.9 Å². The van der Waals surface area contributed by atoms with Crippen molar-refractivity contribution in [2.75, 3.05) is 0 Å². The molecule has 0 amide bonds. The quantitative estimate of drug-likeness (QED) is 0.776. The summed E-state index contributed by atoms with van der Waals surface area (Å²) < 4.78 is 5.95. The molecule has 2 heteroatoms. The Morgan fingerprint density at radius 3 is 2.50 bits per heavy atom. The van der Waals surface area contributed by atoms with Crippen LogP contribution in [0.25, 0.3) is 0 Å². The predicted molar refractivity (Wildman–Crippen MR) is 63.1 cm³/mol. The maximum Gasteiger partial charge on any atom is 0.158 e. The van der Waals surface area contributed by atoms with Crippen molar-refractivity contribution in [1.82, 2.24) is 0 Å². The van der Waals surface area contributed by atoms with E-state index >= 15 is 0 Å². The molecular formula is C14H16O2. The molecule has 2 nitrogen and oxygen atoms in total. The van der Waals surface area contributed by atoms with Crippen LogP contribution in [-0.2, 0) is 15.1 Å². The molecule has 0 aromatic heterocycles. The van der Waals surface area contributed by atoms with E-state index in [-0.39, 0.29) is 17.5 Å². The van der Waals surface area contributed by atoms with Crippen LogP contribution in [0, 0.1) is 0 Å². The van der Waals surface area contributed by atoms with Crippen LogP contribution >= 0.6 is 0 Å². The molecule has 1 aromatic carbocycles. The number of benzene rings is 1. The highest BCUT2D eigenvalue weighted by Gasteiger charge is 2.27. The molecule has 0 saturated carbocycles. The highest BCUT2D eigenvalue weighted by molar-refractivity contribution is 5.92. The highest BCUT2D eigenvalue weighted by Crippen LogP contribution is 2.28. The van der Waals surface area contributed by atoms with E-state index in [9.17, 15) is 4.79 Å². The fraction of sp³-hybridized carbons (Fsp3) is 0.357. The molecule has 2 rings (SSSR count). The van der Waals surface area contributed by atoms with E-state index in [0.717, 1.165) is 5.56 Å². The fourth-order valence-electron chi connectivity index (χ4n) is 1.92. The van der Waals surface area contributed by atoms with E-state index in [2.05, 4.69) is 0 Å². The average Bonchev–Trinajstić information content (AvgIpc) is 2.64. The zero-order valence-electron chi connectivity index (χ0n) is 9.64. The van der Waals surface area contributed by atoms with Crippen molar-refractivity contribution >= 4 is 5.78 Å². The van der Waals surface area contributed by atoms with Gasteiger partial charge in [-0.25, -0.2) is 0 Å². The lowest BCUT2D eigenvalue weighted by Gasteiger charge is -2.28. The average molecular weight is 216 g/mol. The lowest BCUT2D eigenvalue weighted by Crippen LogP contribution is -2.27. The summed E-state index contributed by atoms with van der Waals surface area (Å²) in [5.41, 5.74) is 0.767. The molecule has 0 aliphatic heterocycles. The van der Waals surface area contributed by atoms with Gasteiger partial charge in [-0.15, -0.1) is 0 Å². The third-order valence-corrected chi connectivity index (χ3v) is 2.81. The first-order valence-electron chi connectivity index (χ1n) is 5.52. The number of hydrogen-bond donors (Lipinski definition) is 0. The maximum absolute atomic E-state index is 11.1. The van der Waals surface area contributed by atoms with Crippen LogP contribution in [0.5, 0.6) is 0 Å². The van der Waals surface area contributed by atoms with E-state index < -0.39 is 0 Å². The van der Waals surface area contributed by atoms with E-state index in [0.29, 0.717) is 6.42 Å². The zero-order valence-corrected chi connectivity index (χ0v) is 9.64. The summed E-state index contributed by atoms with van der Waals surface area (Å²) in [5.74, 6) is 0.147. The summed E-state index contributed by atoms with van der Waals surface area (Å²) in [6, 6.07) is 10.1. The van der Waals surface area contributed by atoms with Gasteiger partial charge in [0.15, 0.2) is 5.78 Å². The second kappa shape index (κ2) is 4.22. The van der Waals surface area contributed by atoms with Gasteiger partial charge in [0, 0.05) is 6.42 Å². The number of hydrogen-bond acceptors (Lipinski definition) is 2. The van der Waals surface area contributed by atoms with Crippen molar-refractivity contribution in [2.45, 2.75) is 32.0 Å². The van der Waals surface area contributed by atoms with E-state index in [4.69, 9.17) is 4.74 Å². The molecule has 0 radical (unpaired) electrons. The Balaban J connectivity index is 2.09. The van der Waals surface area contributed by atoms with Gasteiger partial charge in [-0.2, -0.15) is 0 Å². The molecule has 1 atom stereocenters. The number of ketones is 1. The highest BCUT2D eigenvalue weighted by atomic mass is 16.5. The minimum Gasteiger partial charge on any atom is -0.363 e. The lowest BCUT2D eigenvalue weighted by molar-refractivity contribution is -0.118. The SMILES string of the molecule is CC(C)(O[C@@H]1C=CC(=O)C1)c1ccccc1. The monoisotopic (exact) mass is 216 g/mol. The van der Waals surface area contributed by atoms with Crippen LogP contribution in [0.2, 0.25) is 0 Å². The van der Waals surface area contributed by atoms with Crippen molar-refractivity contribution < 1.29 is 9.53 Å². The van der Waals surface area contributed by atoms with E-state index in [1.165, 1.54) is 0 Å². The fourth-order valence-corrected chi connectivity index (χ4v) is 1.92. The second-order valence-corrected chi connectivity index (χ2v) is 4.56. The number of carbonyl (C=O) groups is 1. The number of ether oxygens (including phenoxy) is 1. The molecule has 84 valence electrons. The number of carbonyl (C=O) groups excluding carboxylic acids is 1. The Labute approximate surface area is 95.9 Å². The van der Waals surface area contributed by atoms with Crippen LogP contribution in [0.4, 0.5) is 0 Å². The summed E-state index contributed by atoms with van der Waals surface area (Å²) in [5, 5.41) is 0. The van der Waals surface area contributed by atoms with Gasteiger partial charge in [0.25, 0.3) is 0 Å². The molecule has 0 fully saturated rings. The molecule has 1 aliphatic rings. The third kappa shape index (κ3) is 2.39. The van der Waals surface area contributed by atoms with Gasteiger partial charge in [0.05, 0.1) is 11.7 Å². The summed E-state index contributed by atoms with van der Waals surface area (Å²) in [6.07, 6.45) is 3.83. The van der Waals surface area contributed by atoms with Gasteiger partial charge in [0.2, 0.25) is 0 Å². The smallest absolute Gasteiger partial charge is 0.158 e. The van der Waals surface area contributed by atoms with Crippen molar-refractivity contribution in [3.63, 3.8) is 0 Å². The minimum atomic E-state index is -0.360. The molecule has 0 bridgehead atoms.